The molecule has 0 radical (unpaired) electrons. The molecule has 3 rings (SSSR count). The molecular weight excluding hydrogens is 238 g/mol. The number of rotatable bonds is 2. The van der Waals surface area contributed by atoms with Crippen molar-refractivity contribution >= 4 is 28.5 Å². The van der Waals surface area contributed by atoms with Gasteiger partial charge in [0.2, 0.25) is 0 Å². The molecule has 2 aromatic heterocycles. The Hall–Kier alpha value is -2.14. The smallest absolute Gasteiger partial charge is 0.197 e. The SMILES string of the molecule is ClN=Nc1cc(-c2c[nH]c3ccccc23)[nH]n1. The Kier molecular flexibility index (Phi) is 2.38. The van der Waals surface area contributed by atoms with Gasteiger partial charge in [0, 0.05) is 28.7 Å². The molecule has 2 heterocycles. The van der Waals surface area contributed by atoms with Crippen molar-refractivity contribution in [3.8, 4) is 11.3 Å². The van der Waals surface area contributed by atoms with E-state index in [0.29, 0.717) is 5.82 Å². The van der Waals surface area contributed by atoms with Crippen LogP contribution in [0.25, 0.3) is 22.2 Å². The molecule has 3 aromatic rings. The Labute approximate surface area is 102 Å². The predicted molar refractivity (Wildman–Crippen MR) is 66.2 cm³/mol. The van der Waals surface area contributed by atoms with Crippen molar-refractivity contribution in [2.45, 2.75) is 0 Å². The summed E-state index contributed by atoms with van der Waals surface area (Å²) >= 11 is 5.16. The van der Waals surface area contributed by atoms with Gasteiger partial charge in [-0.1, -0.05) is 22.8 Å². The van der Waals surface area contributed by atoms with Gasteiger partial charge in [0.1, 0.15) is 0 Å². The third kappa shape index (κ3) is 1.70. The van der Waals surface area contributed by atoms with E-state index in [4.69, 9.17) is 11.8 Å². The van der Waals surface area contributed by atoms with Gasteiger partial charge in [0.25, 0.3) is 0 Å². The van der Waals surface area contributed by atoms with E-state index >= 15 is 0 Å². The molecule has 0 saturated carbocycles. The number of hydrogen-bond donors (Lipinski definition) is 2. The zero-order valence-corrected chi connectivity index (χ0v) is 9.44. The lowest BCUT2D eigenvalue weighted by Crippen LogP contribution is -1.74. The number of halogens is 1. The largest absolute Gasteiger partial charge is 0.360 e. The first-order valence-electron chi connectivity index (χ1n) is 5.02. The second-order valence-electron chi connectivity index (χ2n) is 3.56. The fourth-order valence-electron chi connectivity index (χ4n) is 1.83. The molecular formula is C11H8ClN5. The average molecular weight is 246 g/mol. The lowest BCUT2D eigenvalue weighted by molar-refractivity contribution is 1.07. The van der Waals surface area contributed by atoms with Crippen molar-refractivity contribution < 1.29 is 0 Å². The Bertz CT molecular complexity index is 682. The summed E-state index contributed by atoms with van der Waals surface area (Å²) in [5.74, 6) is 0.459. The summed E-state index contributed by atoms with van der Waals surface area (Å²) in [6, 6.07) is 9.85. The molecule has 0 atom stereocenters. The van der Waals surface area contributed by atoms with E-state index in [-0.39, 0.29) is 0 Å². The minimum Gasteiger partial charge on any atom is -0.360 e. The highest BCUT2D eigenvalue weighted by Crippen LogP contribution is 2.28. The van der Waals surface area contributed by atoms with Crippen LogP contribution in [-0.4, -0.2) is 15.2 Å². The summed E-state index contributed by atoms with van der Waals surface area (Å²) in [5.41, 5.74) is 3.00. The number of aromatic amines is 2. The first kappa shape index (κ1) is 10.0. The van der Waals surface area contributed by atoms with Crippen molar-refractivity contribution in [3.05, 3.63) is 36.5 Å². The molecule has 0 amide bonds. The van der Waals surface area contributed by atoms with Gasteiger partial charge in [0.15, 0.2) is 5.82 Å². The first-order chi connectivity index (χ1) is 8.38. The van der Waals surface area contributed by atoms with E-state index in [1.54, 1.807) is 6.07 Å². The van der Waals surface area contributed by atoms with E-state index in [9.17, 15) is 0 Å². The molecule has 0 spiro atoms. The van der Waals surface area contributed by atoms with E-state index < -0.39 is 0 Å². The molecule has 2 N–H and O–H groups in total. The standard InChI is InChI=1S/C11H8ClN5/c12-17-16-11-5-10(14-15-11)8-6-13-9-4-2-1-3-7(8)9/h1-6,13H,(H,14,15). The van der Waals surface area contributed by atoms with Crippen LogP contribution >= 0.6 is 11.8 Å². The number of nitrogens with one attached hydrogen (secondary N) is 2. The highest BCUT2D eigenvalue weighted by Gasteiger charge is 2.08. The summed E-state index contributed by atoms with van der Waals surface area (Å²) in [5, 5.41) is 11.7. The van der Waals surface area contributed by atoms with Gasteiger partial charge in [0.05, 0.1) is 17.5 Å². The fourth-order valence-corrected chi connectivity index (χ4v) is 1.91. The second-order valence-corrected chi connectivity index (χ2v) is 3.71. The Balaban J connectivity index is 2.13. The van der Waals surface area contributed by atoms with Crippen molar-refractivity contribution in [3.63, 3.8) is 0 Å². The average Bonchev–Trinajstić information content (AvgIpc) is 2.95. The van der Waals surface area contributed by atoms with Gasteiger partial charge in [-0.15, -0.1) is 5.11 Å². The number of para-hydroxylation sites is 1. The maximum Gasteiger partial charge on any atom is 0.197 e. The molecule has 0 aliphatic carbocycles. The molecule has 6 heteroatoms. The molecule has 0 aliphatic rings. The predicted octanol–water partition coefficient (Wildman–Crippen LogP) is 3.80. The molecule has 0 unspecified atom stereocenters. The lowest BCUT2D eigenvalue weighted by atomic mass is 10.1. The first-order valence-corrected chi connectivity index (χ1v) is 5.36. The molecule has 0 saturated heterocycles. The molecule has 0 aliphatic heterocycles. The lowest BCUT2D eigenvalue weighted by Gasteiger charge is -1.93. The number of aromatic nitrogens is 3. The minimum absolute atomic E-state index is 0.459. The Morgan fingerprint density at radius 1 is 1.24 bits per heavy atom. The fraction of sp³-hybridized carbons (Fsp3) is 0. The van der Waals surface area contributed by atoms with Crippen molar-refractivity contribution in [2.75, 3.05) is 0 Å². The van der Waals surface area contributed by atoms with E-state index in [2.05, 4.69) is 24.9 Å². The van der Waals surface area contributed by atoms with Crippen molar-refractivity contribution in [1.29, 1.82) is 0 Å². The highest BCUT2D eigenvalue weighted by molar-refractivity contribution is 6.14. The number of hydrogen-bond acceptors (Lipinski definition) is 3. The van der Waals surface area contributed by atoms with Crippen LogP contribution in [0.4, 0.5) is 5.82 Å². The van der Waals surface area contributed by atoms with Crippen LogP contribution in [0.3, 0.4) is 0 Å². The maximum atomic E-state index is 5.16. The Morgan fingerprint density at radius 2 is 2.12 bits per heavy atom. The molecule has 5 nitrogen and oxygen atoms in total. The van der Waals surface area contributed by atoms with E-state index in [1.807, 2.05) is 30.5 Å². The number of H-pyrrole nitrogens is 2. The molecule has 17 heavy (non-hydrogen) atoms. The quantitative estimate of drug-likeness (QED) is 0.663. The normalized spacial score (nSPS) is 11.6. The monoisotopic (exact) mass is 245 g/mol. The van der Waals surface area contributed by atoms with E-state index in [0.717, 1.165) is 22.2 Å². The molecule has 84 valence electrons. The Morgan fingerprint density at radius 3 is 3.00 bits per heavy atom. The molecule has 1 aromatic carbocycles. The summed E-state index contributed by atoms with van der Waals surface area (Å²) < 4.78 is 3.17. The van der Waals surface area contributed by atoms with Crippen LogP contribution in [0.15, 0.2) is 46.3 Å². The number of benzene rings is 1. The van der Waals surface area contributed by atoms with E-state index in [1.165, 1.54) is 0 Å². The van der Waals surface area contributed by atoms with Crippen molar-refractivity contribution in [2.24, 2.45) is 9.75 Å². The second kappa shape index (κ2) is 4.03. The topological polar surface area (TPSA) is 69.2 Å². The van der Waals surface area contributed by atoms with Crippen LogP contribution in [0.1, 0.15) is 0 Å². The van der Waals surface area contributed by atoms with Gasteiger partial charge in [-0.05, 0) is 6.07 Å². The third-order valence-electron chi connectivity index (χ3n) is 2.58. The third-order valence-corrected chi connectivity index (χ3v) is 2.66. The summed E-state index contributed by atoms with van der Waals surface area (Å²) in [4.78, 5) is 3.20. The van der Waals surface area contributed by atoms with Gasteiger partial charge in [-0.2, -0.15) is 5.10 Å². The summed E-state index contributed by atoms with van der Waals surface area (Å²) in [6.07, 6.45) is 1.93. The highest BCUT2D eigenvalue weighted by atomic mass is 35.5. The number of nitrogens with zero attached hydrogens (tertiary/aromatic N) is 3. The zero-order chi connectivity index (χ0) is 11.7. The van der Waals surface area contributed by atoms with Gasteiger partial charge in [-0.25, -0.2) is 0 Å². The van der Waals surface area contributed by atoms with Gasteiger partial charge >= 0.3 is 0 Å². The molecule has 0 bridgehead atoms. The van der Waals surface area contributed by atoms with Crippen LogP contribution in [0.5, 0.6) is 0 Å². The number of fused-ring (bicyclic) bond motifs is 1. The minimum atomic E-state index is 0.459. The van der Waals surface area contributed by atoms with Crippen LogP contribution in [-0.2, 0) is 0 Å². The van der Waals surface area contributed by atoms with Crippen molar-refractivity contribution in [1.82, 2.24) is 15.2 Å². The van der Waals surface area contributed by atoms with Crippen LogP contribution in [0, 0.1) is 0 Å². The summed E-state index contributed by atoms with van der Waals surface area (Å²) in [7, 11) is 0. The maximum absolute atomic E-state index is 5.16. The van der Waals surface area contributed by atoms with Crippen LogP contribution < -0.4 is 0 Å². The summed E-state index contributed by atoms with van der Waals surface area (Å²) in [6.45, 7) is 0. The zero-order valence-electron chi connectivity index (χ0n) is 8.68. The van der Waals surface area contributed by atoms with Crippen LogP contribution in [0.2, 0.25) is 0 Å². The van der Waals surface area contributed by atoms with Gasteiger partial charge in [-0.3, -0.25) is 5.10 Å². The molecule has 0 fully saturated rings. The van der Waals surface area contributed by atoms with Gasteiger partial charge < -0.3 is 4.98 Å².